The van der Waals surface area contributed by atoms with Gasteiger partial charge in [-0.3, -0.25) is 9.59 Å². The molecule has 3 aromatic rings. The highest BCUT2D eigenvalue weighted by Crippen LogP contribution is 2.29. The van der Waals surface area contributed by atoms with Crippen molar-refractivity contribution in [2.75, 3.05) is 12.4 Å². The van der Waals surface area contributed by atoms with Crippen LogP contribution in [0.2, 0.25) is 5.02 Å². The summed E-state index contributed by atoms with van der Waals surface area (Å²) in [5, 5.41) is 3.43. The van der Waals surface area contributed by atoms with Gasteiger partial charge in [-0.2, -0.15) is 0 Å². The third-order valence-electron chi connectivity index (χ3n) is 4.48. The van der Waals surface area contributed by atoms with Crippen molar-refractivity contribution < 1.29 is 19.1 Å². The molecular weight excluding hydrogens is 414 g/mol. The van der Waals surface area contributed by atoms with E-state index in [1.54, 1.807) is 49.6 Å². The molecule has 1 amide bonds. The molecule has 5 nitrogen and oxygen atoms in total. The molecule has 0 radical (unpaired) electrons. The van der Waals surface area contributed by atoms with Crippen LogP contribution in [0, 0.1) is 0 Å². The predicted octanol–water partition coefficient (Wildman–Crippen LogP) is 5.78. The molecule has 0 saturated heterocycles. The van der Waals surface area contributed by atoms with Crippen molar-refractivity contribution >= 4 is 35.1 Å². The van der Waals surface area contributed by atoms with E-state index in [1.807, 2.05) is 30.3 Å². The van der Waals surface area contributed by atoms with E-state index in [0.717, 1.165) is 11.1 Å². The molecule has 0 unspecified atom stereocenters. The van der Waals surface area contributed by atoms with Crippen LogP contribution in [0.5, 0.6) is 11.5 Å². The van der Waals surface area contributed by atoms with Gasteiger partial charge in [0.25, 0.3) is 0 Å². The lowest BCUT2D eigenvalue weighted by Crippen LogP contribution is -2.07. The summed E-state index contributed by atoms with van der Waals surface area (Å²) in [6.07, 6.45) is 3.12. The fraction of sp³-hybridized carbons (Fsp3) is 0.120. The van der Waals surface area contributed by atoms with Crippen molar-refractivity contribution in [2.45, 2.75) is 13.5 Å². The van der Waals surface area contributed by atoms with Crippen molar-refractivity contribution in [3.8, 4) is 11.5 Å². The summed E-state index contributed by atoms with van der Waals surface area (Å²) < 4.78 is 11.3. The van der Waals surface area contributed by atoms with Crippen molar-refractivity contribution in [1.29, 1.82) is 0 Å². The highest BCUT2D eigenvalue weighted by Gasteiger charge is 2.06. The number of carbonyl (C=O) groups excluding carboxylic acids is 2. The smallest absolute Gasteiger partial charge is 0.248 e. The first kappa shape index (κ1) is 22.1. The van der Waals surface area contributed by atoms with Crippen LogP contribution in [0.15, 0.2) is 72.8 Å². The number of halogens is 1. The summed E-state index contributed by atoms with van der Waals surface area (Å²) in [6, 6.07) is 19.6. The molecule has 1 N–H and O–H groups in total. The zero-order valence-electron chi connectivity index (χ0n) is 17.2. The van der Waals surface area contributed by atoms with Gasteiger partial charge in [0, 0.05) is 22.3 Å². The Kier molecular flexibility index (Phi) is 7.46. The molecule has 31 heavy (non-hydrogen) atoms. The minimum atomic E-state index is -0.280. The SMILES string of the molecule is COc1cc(/C=C/C(=O)Nc2ccc(C(C)=O)cc2)ccc1OCc1ccc(Cl)cc1. The second-order valence-corrected chi connectivity index (χ2v) is 7.22. The molecule has 3 aromatic carbocycles. The molecule has 6 heteroatoms. The lowest BCUT2D eigenvalue weighted by atomic mass is 10.1. The van der Waals surface area contributed by atoms with Crippen molar-refractivity contribution in [3.63, 3.8) is 0 Å². The molecular formula is C25H22ClNO4. The standard InChI is InChI=1S/C25H22ClNO4/c1-17(28)20-7-11-22(12-8-20)27-25(29)14-6-18-5-13-23(24(15-18)30-2)31-16-19-3-9-21(26)10-4-19/h3-15H,16H2,1-2H3,(H,27,29)/b14-6+. The number of amides is 1. The van der Waals surface area contributed by atoms with E-state index in [9.17, 15) is 9.59 Å². The first-order valence-corrected chi connectivity index (χ1v) is 9.98. The highest BCUT2D eigenvalue weighted by atomic mass is 35.5. The molecule has 0 heterocycles. The quantitative estimate of drug-likeness (QED) is 0.359. The Morgan fingerprint density at radius 2 is 1.68 bits per heavy atom. The fourth-order valence-corrected chi connectivity index (χ4v) is 2.92. The van der Waals surface area contributed by atoms with Gasteiger partial charge in [0.1, 0.15) is 6.61 Å². The molecule has 0 saturated carbocycles. The summed E-state index contributed by atoms with van der Waals surface area (Å²) >= 11 is 5.90. The van der Waals surface area contributed by atoms with E-state index in [0.29, 0.717) is 34.4 Å². The van der Waals surface area contributed by atoms with Gasteiger partial charge >= 0.3 is 0 Å². The number of hydrogen-bond donors (Lipinski definition) is 1. The van der Waals surface area contributed by atoms with Gasteiger partial charge in [-0.15, -0.1) is 0 Å². The molecule has 0 spiro atoms. The Hall–Kier alpha value is -3.57. The Morgan fingerprint density at radius 3 is 2.32 bits per heavy atom. The van der Waals surface area contributed by atoms with Crippen LogP contribution in [0.3, 0.4) is 0 Å². The van der Waals surface area contributed by atoms with Gasteiger partial charge in [-0.25, -0.2) is 0 Å². The number of hydrogen-bond acceptors (Lipinski definition) is 4. The van der Waals surface area contributed by atoms with Gasteiger partial charge in [0.15, 0.2) is 17.3 Å². The molecule has 0 aliphatic heterocycles. The number of nitrogens with one attached hydrogen (secondary N) is 1. The van der Waals surface area contributed by atoms with Crippen LogP contribution in [0.4, 0.5) is 5.69 Å². The topological polar surface area (TPSA) is 64.6 Å². The van der Waals surface area contributed by atoms with Crippen molar-refractivity contribution in [3.05, 3.63) is 94.5 Å². The Balaban J connectivity index is 1.61. The minimum absolute atomic E-state index is 0.0210. The number of ketones is 1. The maximum atomic E-state index is 12.2. The summed E-state index contributed by atoms with van der Waals surface area (Å²) in [7, 11) is 1.56. The number of rotatable bonds is 8. The Labute approximate surface area is 186 Å². The molecule has 3 rings (SSSR count). The van der Waals surface area contributed by atoms with E-state index in [4.69, 9.17) is 21.1 Å². The number of methoxy groups -OCH3 is 1. The van der Waals surface area contributed by atoms with E-state index >= 15 is 0 Å². The monoisotopic (exact) mass is 435 g/mol. The second kappa shape index (κ2) is 10.5. The molecule has 0 fully saturated rings. The zero-order chi connectivity index (χ0) is 22.2. The fourth-order valence-electron chi connectivity index (χ4n) is 2.79. The van der Waals surface area contributed by atoms with Crippen LogP contribution in [0.25, 0.3) is 6.08 Å². The predicted molar refractivity (Wildman–Crippen MR) is 123 cm³/mol. The Morgan fingerprint density at radius 1 is 0.968 bits per heavy atom. The number of Topliss-reactive ketones (excluding diaryl/α,β-unsaturated/α-hetero) is 1. The summed E-state index contributed by atoms with van der Waals surface area (Å²) in [6.45, 7) is 1.88. The zero-order valence-corrected chi connectivity index (χ0v) is 18.0. The van der Waals surface area contributed by atoms with Gasteiger partial charge in [-0.1, -0.05) is 29.8 Å². The van der Waals surface area contributed by atoms with Crippen LogP contribution >= 0.6 is 11.6 Å². The van der Waals surface area contributed by atoms with E-state index in [2.05, 4.69) is 5.32 Å². The first-order valence-electron chi connectivity index (χ1n) is 9.60. The van der Waals surface area contributed by atoms with E-state index < -0.39 is 0 Å². The molecule has 0 aromatic heterocycles. The Bertz CT molecular complexity index is 1090. The van der Waals surface area contributed by atoms with E-state index in [-0.39, 0.29) is 11.7 Å². The van der Waals surface area contributed by atoms with Crippen molar-refractivity contribution in [1.82, 2.24) is 0 Å². The van der Waals surface area contributed by atoms with Gasteiger partial charge in [0.05, 0.1) is 7.11 Å². The summed E-state index contributed by atoms with van der Waals surface area (Å²) in [5.41, 5.74) is 2.99. The van der Waals surface area contributed by atoms with Crippen LogP contribution in [-0.2, 0) is 11.4 Å². The lowest BCUT2D eigenvalue weighted by molar-refractivity contribution is -0.111. The highest BCUT2D eigenvalue weighted by molar-refractivity contribution is 6.30. The molecule has 0 bridgehead atoms. The van der Waals surface area contributed by atoms with Gasteiger partial charge in [-0.05, 0) is 72.7 Å². The lowest BCUT2D eigenvalue weighted by Gasteiger charge is -2.11. The second-order valence-electron chi connectivity index (χ2n) is 6.78. The van der Waals surface area contributed by atoms with E-state index in [1.165, 1.54) is 13.0 Å². The van der Waals surface area contributed by atoms with Gasteiger partial charge < -0.3 is 14.8 Å². The van der Waals surface area contributed by atoms with Crippen LogP contribution in [-0.4, -0.2) is 18.8 Å². The van der Waals surface area contributed by atoms with Crippen LogP contribution < -0.4 is 14.8 Å². The largest absolute Gasteiger partial charge is 0.493 e. The normalized spacial score (nSPS) is 10.7. The minimum Gasteiger partial charge on any atom is -0.493 e. The third kappa shape index (κ3) is 6.46. The van der Waals surface area contributed by atoms with Crippen molar-refractivity contribution in [2.24, 2.45) is 0 Å². The number of carbonyl (C=O) groups is 2. The number of ether oxygens (including phenoxy) is 2. The average Bonchev–Trinajstić information content (AvgIpc) is 2.78. The molecule has 0 aliphatic rings. The third-order valence-corrected chi connectivity index (χ3v) is 4.73. The molecule has 0 atom stereocenters. The first-order chi connectivity index (χ1) is 14.9. The summed E-state index contributed by atoms with van der Waals surface area (Å²) in [5.74, 6) is 0.867. The maximum Gasteiger partial charge on any atom is 0.248 e. The van der Waals surface area contributed by atoms with Gasteiger partial charge in [0.2, 0.25) is 5.91 Å². The average molecular weight is 436 g/mol. The number of anilines is 1. The number of benzene rings is 3. The summed E-state index contributed by atoms with van der Waals surface area (Å²) in [4.78, 5) is 23.5. The van der Waals surface area contributed by atoms with Crippen LogP contribution in [0.1, 0.15) is 28.4 Å². The molecule has 158 valence electrons. The maximum absolute atomic E-state index is 12.2. The molecule has 0 aliphatic carbocycles.